The molecule has 2 heterocycles. The molecule has 1 aliphatic heterocycles. The first-order valence-electron chi connectivity index (χ1n) is 7.91. The fourth-order valence-corrected chi connectivity index (χ4v) is 2.65. The van der Waals surface area contributed by atoms with Gasteiger partial charge in [-0.25, -0.2) is 4.79 Å². The fourth-order valence-electron chi connectivity index (χ4n) is 2.28. The van der Waals surface area contributed by atoms with E-state index in [9.17, 15) is 4.79 Å². The molecule has 1 aromatic heterocycles. The van der Waals surface area contributed by atoms with Crippen LogP contribution < -0.4 is 10.2 Å². The van der Waals surface area contributed by atoms with Crippen molar-refractivity contribution in [2.45, 2.75) is 33.3 Å². The predicted octanol–water partition coefficient (Wildman–Crippen LogP) is 3.27. The summed E-state index contributed by atoms with van der Waals surface area (Å²) < 4.78 is 5.40. The normalized spacial score (nSPS) is 15.4. The number of carbonyl (C=O) groups excluding carboxylic acids is 1. The minimum absolute atomic E-state index is 0.215. The van der Waals surface area contributed by atoms with Crippen molar-refractivity contribution in [2.75, 3.05) is 42.9 Å². The first-order chi connectivity index (χ1) is 11.2. The van der Waals surface area contributed by atoms with Crippen molar-refractivity contribution >= 4 is 41.1 Å². The molecule has 0 radical (unpaired) electrons. The minimum Gasteiger partial charge on any atom is -0.444 e. The molecule has 1 amide bonds. The molecule has 1 fully saturated rings. The Labute approximate surface area is 152 Å². The van der Waals surface area contributed by atoms with Gasteiger partial charge in [0, 0.05) is 32.7 Å². The summed E-state index contributed by atoms with van der Waals surface area (Å²) in [4.78, 5) is 24.3. The third-order valence-corrected chi connectivity index (χ3v) is 4.08. The molecule has 134 valence electrons. The van der Waals surface area contributed by atoms with Gasteiger partial charge in [-0.3, -0.25) is 0 Å². The first kappa shape index (κ1) is 18.9. The van der Waals surface area contributed by atoms with E-state index in [2.05, 4.69) is 15.3 Å². The number of hydrogen-bond acceptors (Lipinski definition) is 6. The van der Waals surface area contributed by atoms with E-state index < -0.39 is 5.60 Å². The van der Waals surface area contributed by atoms with E-state index in [-0.39, 0.29) is 11.2 Å². The average Bonchev–Trinajstić information content (AvgIpc) is 2.49. The van der Waals surface area contributed by atoms with Crippen LogP contribution >= 0.6 is 23.2 Å². The molecule has 7 nitrogen and oxygen atoms in total. The van der Waals surface area contributed by atoms with Crippen LogP contribution in [0.25, 0.3) is 0 Å². The molecule has 1 aliphatic rings. The molecule has 9 heteroatoms. The number of piperazine rings is 1. The minimum atomic E-state index is -0.502. The molecule has 0 spiro atoms. The van der Waals surface area contributed by atoms with Crippen molar-refractivity contribution in [3.63, 3.8) is 0 Å². The van der Waals surface area contributed by atoms with E-state index >= 15 is 0 Å². The molecular formula is C15H23Cl2N5O2. The monoisotopic (exact) mass is 375 g/mol. The maximum atomic E-state index is 12.1. The highest BCUT2D eigenvalue weighted by atomic mass is 35.5. The molecule has 1 N–H and O–H groups in total. The number of hydrogen-bond donors (Lipinski definition) is 1. The van der Waals surface area contributed by atoms with Crippen molar-refractivity contribution in [2.24, 2.45) is 0 Å². The summed E-state index contributed by atoms with van der Waals surface area (Å²) >= 11 is 12.3. The van der Waals surface area contributed by atoms with Crippen molar-refractivity contribution in [1.29, 1.82) is 0 Å². The summed E-state index contributed by atoms with van der Waals surface area (Å²) in [5, 5.41) is 3.57. The summed E-state index contributed by atoms with van der Waals surface area (Å²) in [7, 11) is 0. The number of rotatable bonds is 3. The standard InChI is InChI=1S/C15H23Cl2N5O2/c1-5-18-13-19-11(17)10(16)12(20-13)21-6-8-22(9-7-21)14(23)24-15(2,3)4/h5-9H2,1-4H3,(H,18,19,20). The lowest BCUT2D eigenvalue weighted by molar-refractivity contribution is 0.0240. The van der Waals surface area contributed by atoms with Gasteiger partial charge in [-0.15, -0.1) is 0 Å². The molecule has 2 rings (SSSR count). The molecule has 0 bridgehead atoms. The summed E-state index contributed by atoms with van der Waals surface area (Å²) in [5.74, 6) is 1.02. The zero-order valence-corrected chi connectivity index (χ0v) is 15.9. The Kier molecular flexibility index (Phi) is 5.98. The second-order valence-corrected chi connectivity index (χ2v) is 7.20. The van der Waals surface area contributed by atoms with E-state index in [4.69, 9.17) is 27.9 Å². The number of anilines is 2. The lowest BCUT2D eigenvalue weighted by atomic mass is 10.2. The molecule has 0 aliphatic carbocycles. The Morgan fingerprint density at radius 2 is 1.83 bits per heavy atom. The van der Waals surface area contributed by atoms with Gasteiger partial charge in [0.1, 0.15) is 10.6 Å². The van der Waals surface area contributed by atoms with E-state index in [1.807, 2.05) is 32.6 Å². The molecule has 0 atom stereocenters. The lowest BCUT2D eigenvalue weighted by Gasteiger charge is -2.36. The van der Waals surface area contributed by atoms with Crippen LogP contribution in [0.15, 0.2) is 0 Å². The number of nitrogens with zero attached hydrogens (tertiary/aromatic N) is 4. The third-order valence-electron chi connectivity index (χ3n) is 3.36. The zero-order valence-electron chi connectivity index (χ0n) is 14.4. The Bertz CT molecular complexity index is 598. The second-order valence-electron chi connectivity index (χ2n) is 6.46. The van der Waals surface area contributed by atoms with Crippen LogP contribution in [0.5, 0.6) is 0 Å². The van der Waals surface area contributed by atoms with Gasteiger partial charge in [0.15, 0.2) is 11.0 Å². The smallest absolute Gasteiger partial charge is 0.410 e. The van der Waals surface area contributed by atoms with Gasteiger partial charge in [-0.1, -0.05) is 23.2 Å². The van der Waals surface area contributed by atoms with Crippen LogP contribution in [0, 0.1) is 0 Å². The van der Waals surface area contributed by atoms with Crippen molar-refractivity contribution in [3.8, 4) is 0 Å². The molecule has 0 saturated carbocycles. The molecule has 1 saturated heterocycles. The maximum absolute atomic E-state index is 12.1. The highest BCUT2D eigenvalue weighted by Crippen LogP contribution is 2.31. The Balaban J connectivity index is 2.05. The van der Waals surface area contributed by atoms with Crippen LogP contribution in [-0.2, 0) is 4.74 Å². The Morgan fingerprint density at radius 1 is 1.21 bits per heavy atom. The zero-order chi connectivity index (χ0) is 17.9. The van der Waals surface area contributed by atoms with Crippen molar-refractivity contribution in [3.05, 3.63) is 10.2 Å². The highest BCUT2D eigenvalue weighted by Gasteiger charge is 2.27. The predicted molar refractivity (Wildman–Crippen MR) is 96.2 cm³/mol. The van der Waals surface area contributed by atoms with E-state index in [1.165, 1.54) is 0 Å². The highest BCUT2D eigenvalue weighted by molar-refractivity contribution is 6.42. The van der Waals surface area contributed by atoms with E-state index in [1.54, 1.807) is 4.90 Å². The number of aromatic nitrogens is 2. The summed E-state index contributed by atoms with van der Waals surface area (Å²) in [6.07, 6.45) is -0.303. The fraction of sp³-hybridized carbons (Fsp3) is 0.667. The second kappa shape index (κ2) is 7.61. The van der Waals surface area contributed by atoms with Gasteiger partial charge in [-0.05, 0) is 27.7 Å². The third kappa shape index (κ3) is 4.77. The van der Waals surface area contributed by atoms with Gasteiger partial charge in [0.25, 0.3) is 0 Å². The van der Waals surface area contributed by atoms with E-state index in [0.29, 0.717) is 49.5 Å². The number of ether oxygens (including phenoxy) is 1. The van der Waals surface area contributed by atoms with Gasteiger partial charge in [0.05, 0.1) is 0 Å². The van der Waals surface area contributed by atoms with Crippen molar-refractivity contribution < 1.29 is 9.53 Å². The SMILES string of the molecule is CCNc1nc(Cl)c(Cl)c(N2CCN(C(=O)OC(C)(C)C)CC2)n1. The van der Waals surface area contributed by atoms with Crippen LogP contribution in [0.3, 0.4) is 0 Å². The lowest BCUT2D eigenvalue weighted by Crippen LogP contribution is -2.50. The average molecular weight is 376 g/mol. The van der Waals surface area contributed by atoms with Crippen LogP contribution in [0.2, 0.25) is 10.2 Å². The maximum Gasteiger partial charge on any atom is 0.410 e. The first-order valence-corrected chi connectivity index (χ1v) is 8.66. The van der Waals surface area contributed by atoms with Gasteiger partial charge in [-0.2, -0.15) is 9.97 Å². The van der Waals surface area contributed by atoms with Crippen molar-refractivity contribution in [1.82, 2.24) is 14.9 Å². The topological polar surface area (TPSA) is 70.6 Å². The Morgan fingerprint density at radius 3 is 2.38 bits per heavy atom. The largest absolute Gasteiger partial charge is 0.444 e. The van der Waals surface area contributed by atoms with Crippen LogP contribution in [0.1, 0.15) is 27.7 Å². The molecule has 24 heavy (non-hydrogen) atoms. The molecule has 0 aromatic carbocycles. The number of amides is 1. The number of halogens is 2. The molecule has 1 aromatic rings. The summed E-state index contributed by atoms with van der Waals surface area (Å²) in [6, 6.07) is 0. The van der Waals surface area contributed by atoms with Crippen LogP contribution in [-0.4, -0.2) is 59.3 Å². The number of nitrogens with one attached hydrogen (secondary N) is 1. The van der Waals surface area contributed by atoms with E-state index in [0.717, 1.165) is 0 Å². The quantitative estimate of drug-likeness (QED) is 0.817. The van der Waals surface area contributed by atoms with Gasteiger partial charge >= 0.3 is 6.09 Å². The van der Waals surface area contributed by atoms with Crippen LogP contribution in [0.4, 0.5) is 16.6 Å². The molecular weight excluding hydrogens is 353 g/mol. The Hall–Kier alpha value is -1.47. The van der Waals surface area contributed by atoms with Gasteiger partial charge < -0.3 is 19.9 Å². The number of carbonyl (C=O) groups is 1. The van der Waals surface area contributed by atoms with Gasteiger partial charge in [0.2, 0.25) is 5.95 Å². The summed E-state index contributed by atoms with van der Waals surface area (Å²) in [5.41, 5.74) is -0.502. The summed E-state index contributed by atoms with van der Waals surface area (Å²) in [6.45, 7) is 10.4. The molecule has 0 unspecified atom stereocenters.